The van der Waals surface area contributed by atoms with E-state index in [1.54, 1.807) is 16.7 Å². The molecule has 2 aromatic carbocycles. The molecule has 1 aromatic heterocycles. The van der Waals surface area contributed by atoms with Crippen LogP contribution in [0.1, 0.15) is 0 Å². The van der Waals surface area contributed by atoms with Gasteiger partial charge in [0.2, 0.25) is 0 Å². The lowest BCUT2D eigenvalue weighted by molar-refractivity contribution is 0.616. The van der Waals surface area contributed by atoms with E-state index in [2.05, 4.69) is 26.1 Å². The summed E-state index contributed by atoms with van der Waals surface area (Å²) in [5.74, 6) is 0.204. The lowest BCUT2D eigenvalue weighted by Gasteiger charge is -2.10. The largest absolute Gasteiger partial charge is 0.264 e. The first-order chi connectivity index (χ1) is 9.68. The lowest BCUT2D eigenvalue weighted by Crippen LogP contribution is -2.01. The van der Waals surface area contributed by atoms with Crippen molar-refractivity contribution >= 4 is 28.1 Å². The molecule has 20 heavy (non-hydrogen) atoms. The van der Waals surface area contributed by atoms with Gasteiger partial charge in [0.25, 0.3) is 0 Å². The summed E-state index contributed by atoms with van der Waals surface area (Å²) in [5, 5.41) is 6.92. The van der Waals surface area contributed by atoms with E-state index in [-0.39, 0.29) is 5.82 Å². The highest BCUT2D eigenvalue weighted by Crippen LogP contribution is 2.28. The maximum atomic E-state index is 14.2. The molecule has 0 aliphatic heterocycles. The number of nitrogens with one attached hydrogen (secondary N) is 1. The third-order valence-electron chi connectivity index (χ3n) is 2.87. The van der Waals surface area contributed by atoms with Crippen LogP contribution in [0.5, 0.6) is 0 Å². The molecule has 3 aromatic rings. The smallest absolute Gasteiger partial charge is 0.200 e. The highest BCUT2D eigenvalue weighted by atomic mass is 79.9. The van der Waals surface area contributed by atoms with Crippen LogP contribution in [0.15, 0.2) is 53.0 Å². The van der Waals surface area contributed by atoms with Crippen molar-refractivity contribution in [3.8, 4) is 17.1 Å². The molecule has 0 aliphatic rings. The molecule has 0 saturated carbocycles. The van der Waals surface area contributed by atoms with Crippen LogP contribution in [0, 0.1) is 10.6 Å². The first-order valence-corrected chi connectivity index (χ1v) is 7.06. The van der Waals surface area contributed by atoms with Crippen LogP contribution in [0.25, 0.3) is 17.1 Å². The summed E-state index contributed by atoms with van der Waals surface area (Å²) in [4.78, 5) is 0. The Balaban J connectivity index is 2.31. The maximum Gasteiger partial charge on any atom is 0.200 e. The Kier molecular flexibility index (Phi) is 3.50. The number of aromatic nitrogens is 3. The third kappa shape index (κ3) is 2.21. The van der Waals surface area contributed by atoms with Crippen molar-refractivity contribution in [2.75, 3.05) is 0 Å². The van der Waals surface area contributed by atoms with E-state index >= 15 is 0 Å². The fourth-order valence-electron chi connectivity index (χ4n) is 1.99. The zero-order chi connectivity index (χ0) is 14.1. The van der Waals surface area contributed by atoms with Crippen LogP contribution in [0.2, 0.25) is 0 Å². The van der Waals surface area contributed by atoms with Crippen LogP contribution in [0.3, 0.4) is 0 Å². The minimum atomic E-state index is -0.367. The number of rotatable bonds is 2. The van der Waals surface area contributed by atoms with Crippen molar-refractivity contribution in [2.24, 2.45) is 0 Å². The summed E-state index contributed by atoms with van der Waals surface area (Å²) in [6, 6.07) is 14.3. The summed E-state index contributed by atoms with van der Waals surface area (Å²) in [6.07, 6.45) is 0. The van der Waals surface area contributed by atoms with Crippen LogP contribution in [0.4, 0.5) is 4.39 Å². The SMILES string of the molecule is Fc1cccc(Br)c1-n1c(-c2ccccc2)n[nH]c1=S. The molecule has 0 amide bonds. The Bertz CT molecular complexity index is 791. The van der Waals surface area contributed by atoms with E-state index in [0.717, 1.165) is 5.56 Å². The fraction of sp³-hybridized carbons (Fsp3) is 0. The summed E-state index contributed by atoms with van der Waals surface area (Å²) < 4.78 is 16.7. The summed E-state index contributed by atoms with van der Waals surface area (Å²) in [7, 11) is 0. The first-order valence-electron chi connectivity index (χ1n) is 5.85. The molecule has 0 saturated heterocycles. The molecule has 0 spiro atoms. The fourth-order valence-corrected chi connectivity index (χ4v) is 2.73. The quantitative estimate of drug-likeness (QED) is 0.691. The van der Waals surface area contributed by atoms with Gasteiger partial charge in [0, 0.05) is 10.0 Å². The molecule has 1 heterocycles. The highest BCUT2D eigenvalue weighted by Gasteiger charge is 2.16. The first kappa shape index (κ1) is 13.2. The minimum Gasteiger partial charge on any atom is -0.264 e. The number of H-pyrrole nitrogens is 1. The van der Waals surface area contributed by atoms with Crippen molar-refractivity contribution < 1.29 is 4.39 Å². The summed E-state index contributed by atoms with van der Waals surface area (Å²) in [5.41, 5.74) is 1.21. The molecule has 3 rings (SSSR count). The van der Waals surface area contributed by atoms with Crippen LogP contribution < -0.4 is 0 Å². The topological polar surface area (TPSA) is 33.6 Å². The Morgan fingerprint density at radius 2 is 1.85 bits per heavy atom. The van der Waals surface area contributed by atoms with E-state index in [1.807, 2.05) is 30.3 Å². The van der Waals surface area contributed by atoms with Gasteiger partial charge in [-0.3, -0.25) is 9.67 Å². The van der Waals surface area contributed by atoms with E-state index in [4.69, 9.17) is 12.2 Å². The monoisotopic (exact) mass is 349 g/mol. The Hall–Kier alpha value is -1.79. The van der Waals surface area contributed by atoms with Gasteiger partial charge < -0.3 is 0 Å². The molecule has 0 fully saturated rings. The maximum absolute atomic E-state index is 14.2. The molecule has 100 valence electrons. The van der Waals surface area contributed by atoms with Crippen molar-refractivity contribution in [2.45, 2.75) is 0 Å². The molecule has 0 unspecified atom stereocenters. The van der Waals surface area contributed by atoms with Crippen LogP contribution in [-0.4, -0.2) is 14.8 Å². The predicted molar refractivity (Wildman–Crippen MR) is 81.8 cm³/mol. The lowest BCUT2D eigenvalue weighted by atomic mass is 10.2. The number of halogens is 2. The third-order valence-corrected chi connectivity index (χ3v) is 3.78. The Morgan fingerprint density at radius 1 is 1.10 bits per heavy atom. The van der Waals surface area contributed by atoms with Gasteiger partial charge in [-0.15, -0.1) is 0 Å². The molecule has 0 radical (unpaired) electrons. The molecule has 1 N–H and O–H groups in total. The second-order valence-corrected chi connectivity index (χ2v) is 5.37. The van der Waals surface area contributed by atoms with E-state index < -0.39 is 0 Å². The Morgan fingerprint density at radius 3 is 2.55 bits per heavy atom. The van der Waals surface area contributed by atoms with Crippen molar-refractivity contribution in [3.05, 3.63) is 63.6 Å². The zero-order valence-corrected chi connectivity index (χ0v) is 12.6. The predicted octanol–water partition coefficient (Wildman–Crippen LogP) is 4.50. The molecule has 6 heteroatoms. The van der Waals surface area contributed by atoms with Gasteiger partial charge in [-0.05, 0) is 40.3 Å². The number of hydrogen-bond donors (Lipinski definition) is 1. The normalized spacial score (nSPS) is 10.7. The molecule has 0 aliphatic carbocycles. The summed E-state index contributed by atoms with van der Waals surface area (Å²) >= 11 is 8.59. The van der Waals surface area contributed by atoms with Gasteiger partial charge in [-0.25, -0.2) is 4.39 Å². The van der Waals surface area contributed by atoms with Gasteiger partial charge in [0.05, 0.1) is 5.69 Å². The highest BCUT2D eigenvalue weighted by molar-refractivity contribution is 9.10. The van der Waals surface area contributed by atoms with Gasteiger partial charge >= 0.3 is 0 Å². The van der Waals surface area contributed by atoms with Crippen molar-refractivity contribution in [1.29, 1.82) is 0 Å². The second-order valence-electron chi connectivity index (χ2n) is 4.12. The average molecular weight is 350 g/mol. The van der Waals surface area contributed by atoms with Gasteiger partial charge in [0.1, 0.15) is 5.82 Å². The van der Waals surface area contributed by atoms with Crippen LogP contribution >= 0.6 is 28.1 Å². The van der Waals surface area contributed by atoms with Crippen molar-refractivity contribution in [3.63, 3.8) is 0 Å². The molecular weight excluding hydrogens is 341 g/mol. The zero-order valence-electron chi connectivity index (χ0n) is 10.2. The number of hydrogen-bond acceptors (Lipinski definition) is 2. The molecule has 3 nitrogen and oxygen atoms in total. The molecular formula is C14H9BrFN3S. The van der Waals surface area contributed by atoms with Crippen molar-refractivity contribution in [1.82, 2.24) is 14.8 Å². The number of nitrogens with zero attached hydrogens (tertiary/aromatic N) is 2. The molecule has 0 atom stereocenters. The number of para-hydroxylation sites is 1. The Labute approximate surface area is 128 Å². The van der Waals surface area contributed by atoms with E-state index in [9.17, 15) is 4.39 Å². The minimum absolute atomic E-state index is 0.342. The average Bonchev–Trinajstić information content (AvgIpc) is 2.82. The molecule has 0 bridgehead atoms. The van der Waals surface area contributed by atoms with Gasteiger partial charge in [-0.2, -0.15) is 5.10 Å². The van der Waals surface area contributed by atoms with Crippen LogP contribution in [-0.2, 0) is 0 Å². The van der Waals surface area contributed by atoms with Gasteiger partial charge in [-0.1, -0.05) is 36.4 Å². The second kappa shape index (κ2) is 5.30. The van der Waals surface area contributed by atoms with Gasteiger partial charge in [0.15, 0.2) is 10.6 Å². The number of benzene rings is 2. The summed E-state index contributed by atoms with van der Waals surface area (Å²) in [6.45, 7) is 0. The van der Waals surface area contributed by atoms with E-state index in [1.165, 1.54) is 6.07 Å². The standard InChI is InChI=1S/C14H9BrFN3S/c15-10-7-4-8-11(16)12(10)19-13(17-18-14(19)20)9-5-2-1-3-6-9/h1-8H,(H,18,20). The number of aromatic amines is 1. The van der Waals surface area contributed by atoms with E-state index in [0.29, 0.717) is 20.8 Å².